The first kappa shape index (κ1) is 43.3. The van der Waals surface area contributed by atoms with Crippen molar-refractivity contribution in [1.82, 2.24) is 19.6 Å². The number of benzene rings is 3. The van der Waals surface area contributed by atoms with Crippen LogP contribution in [0.25, 0.3) is 21.6 Å². The molecule has 0 radical (unpaired) electrons. The van der Waals surface area contributed by atoms with Crippen molar-refractivity contribution in [1.29, 1.82) is 0 Å². The fourth-order valence-corrected chi connectivity index (χ4v) is 11.1. The van der Waals surface area contributed by atoms with Crippen LogP contribution in [0.3, 0.4) is 0 Å². The normalized spacial score (nSPS) is 23.9. The summed E-state index contributed by atoms with van der Waals surface area (Å²) < 4.78 is 41.8. The third-order valence-corrected chi connectivity index (χ3v) is 15.0. The van der Waals surface area contributed by atoms with Gasteiger partial charge in [-0.05, 0) is 80.7 Å². The van der Waals surface area contributed by atoms with Gasteiger partial charge < -0.3 is 14.4 Å². The number of ketones is 1. The Morgan fingerprint density at radius 2 is 1.74 bits per heavy atom. The molecule has 62 heavy (non-hydrogen) atoms. The lowest BCUT2D eigenvalue weighted by Crippen LogP contribution is -2.46. The molecule has 1 N–H and O–H groups in total. The van der Waals surface area contributed by atoms with Gasteiger partial charge in [-0.3, -0.25) is 14.4 Å². The van der Waals surface area contributed by atoms with Crippen molar-refractivity contribution in [3.63, 3.8) is 0 Å². The number of methoxy groups -OCH3 is 1. The molecule has 4 heterocycles. The Labute approximate surface area is 368 Å². The summed E-state index contributed by atoms with van der Waals surface area (Å²) in [7, 11) is -2.57. The zero-order valence-electron chi connectivity index (χ0n) is 35.7. The van der Waals surface area contributed by atoms with Gasteiger partial charge >= 0.3 is 0 Å². The molecule has 13 heteroatoms. The Bertz CT molecular complexity index is 2590. The molecule has 1 aliphatic carbocycles. The summed E-state index contributed by atoms with van der Waals surface area (Å²) in [5, 5.41) is 3.56. The van der Waals surface area contributed by atoms with Crippen LogP contribution in [0.2, 0.25) is 0 Å². The molecule has 3 aliphatic rings. The van der Waals surface area contributed by atoms with Gasteiger partial charge in [-0.25, -0.2) is 23.1 Å². The van der Waals surface area contributed by atoms with Gasteiger partial charge in [0.15, 0.2) is 5.78 Å². The maximum Gasteiger partial charge on any atom is 0.264 e. The minimum Gasteiger partial charge on any atom is -0.496 e. The number of aryl methyl sites for hydroxylation is 1. The fourth-order valence-electron chi connectivity index (χ4n) is 9.07. The Morgan fingerprint density at radius 1 is 0.984 bits per heavy atom. The van der Waals surface area contributed by atoms with Crippen molar-refractivity contribution in [3.8, 4) is 22.2 Å². The first-order valence-electron chi connectivity index (χ1n) is 21.6. The van der Waals surface area contributed by atoms with Gasteiger partial charge in [0.05, 0.1) is 41.2 Å². The Morgan fingerprint density at radius 3 is 2.47 bits per heavy atom. The smallest absolute Gasteiger partial charge is 0.264 e. The Balaban J connectivity index is 1.15. The molecule has 2 aromatic heterocycles. The van der Waals surface area contributed by atoms with E-state index in [1.54, 1.807) is 30.2 Å². The average Bonchev–Trinajstić information content (AvgIpc) is 3.54. The Hall–Kier alpha value is -5.40. The number of carbonyl (C=O) groups excluding carboxylic acids is 3. The number of hydrogen-bond acceptors (Lipinski definition) is 10. The minimum atomic E-state index is -4.20. The SMILES string of the molecule is COc1ccc2c(O[C@@H]3C[C@H]4C(=O)C[C@]5(C(=O)NS(=O)(=O)c6ccccc6)C[C@H]5/C=C\CCCCC[C@H](Cc5ccccc5)C(=O)N4C3)cc(-c3nc(C(C)C)cs3)nc2c1C. The van der Waals surface area contributed by atoms with Crippen molar-refractivity contribution in [2.75, 3.05) is 13.7 Å². The van der Waals surface area contributed by atoms with Gasteiger partial charge in [-0.1, -0.05) is 87.4 Å². The molecule has 3 aromatic carbocycles. The van der Waals surface area contributed by atoms with Crippen molar-refractivity contribution < 1.29 is 32.3 Å². The van der Waals surface area contributed by atoms with E-state index in [0.717, 1.165) is 52.9 Å². The second kappa shape index (κ2) is 18.1. The molecule has 5 atom stereocenters. The van der Waals surface area contributed by atoms with E-state index >= 15 is 4.79 Å². The lowest BCUT2D eigenvalue weighted by Gasteiger charge is -2.29. The molecule has 324 valence electrons. The summed E-state index contributed by atoms with van der Waals surface area (Å²) in [5.74, 6) is -0.329. The lowest BCUT2D eigenvalue weighted by atomic mass is 9.90. The minimum absolute atomic E-state index is 0.0337. The molecule has 0 spiro atoms. The maximum absolute atomic E-state index is 15.0. The van der Waals surface area contributed by atoms with E-state index < -0.39 is 33.5 Å². The molecule has 0 unspecified atom stereocenters. The van der Waals surface area contributed by atoms with Crippen LogP contribution in [0, 0.1) is 24.2 Å². The number of nitrogens with one attached hydrogen (secondary N) is 1. The molecule has 11 nitrogen and oxygen atoms in total. The molecule has 8 rings (SSSR count). The summed E-state index contributed by atoms with van der Waals surface area (Å²) in [6.07, 6.45) is 8.41. The van der Waals surface area contributed by atoms with Crippen molar-refractivity contribution in [3.05, 3.63) is 113 Å². The summed E-state index contributed by atoms with van der Waals surface area (Å²) in [5.41, 5.74) is 2.93. The van der Waals surface area contributed by atoms with Gasteiger partial charge in [-0.2, -0.15) is 0 Å². The highest BCUT2D eigenvalue weighted by Crippen LogP contribution is 2.57. The van der Waals surface area contributed by atoms with Gasteiger partial charge in [0.1, 0.15) is 28.3 Å². The standard InChI is InChI=1S/C49H54N4O7S2/c1-31(2)40-30-61-46(51-40)39-26-44(38-22-23-43(59-4)32(3)45(38)50-39)60-36-25-41-42(54)28-49(48(56)52-62(57,58)37-20-14-9-15-21-37)27-35(49)19-13-7-5-6-12-18-34(47(55)53(41)29-36)24-33-16-10-8-11-17-33/h8-11,13-17,19-23,26,30-31,34-36,41H,5-7,12,18,24-25,27-29H2,1-4H3,(H,52,56)/b19-13-/t34-,35-,36-,41+,49-/m1/s1. The van der Waals surface area contributed by atoms with E-state index in [1.165, 1.54) is 23.5 Å². The molecule has 2 amide bonds. The van der Waals surface area contributed by atoms with E-state index in [-0.39, 0.29) is 53.7 Å². The highest BCUT2D eigenvalue weighted by atomic mass is 32.2. The van der Waals surface area contributed by atoms with E-state index in [9.17, 15) is 18.0 Å². The largest absolute Gasteiger partial charge is 0.496 e. The van der Waals surface area contributed by atoms with Gasteiger partial charge in [0.2, 0.25) is 11.8 Å². The molecule has 2 fully saturated rings. The molecule has 1 saturated heterocycles. The number of Topliss-reactive ketones (excluding diaryl/α,β-unsaturated/α-hetero) is 1. The average molecular weight is 875 g/mol. The lowest BCUT2D eigenvalue weighted by molar-refractivity contribution is -0.142. The third-order valence-electron chi connectivity index (χ3n) is 12.7. The van der Waals surface area contributed by atoms with Crippen LogP contribution in [0.5, 0.6) is 11.5 Å². The molecule has 5 aromatic rings. The van der Waals surface area contributed by atoms with Crippen LogP contribution in [0.1, 0.15) is 88.0 Å². The molecular formula is C49H54N4O7S2. The predicted octanol–water partition coefficient (Wildman–Crippen LogP) is 9.00. The second-order valence-electron chi connectivity index (χ2n) is 17.3. The zero-order valence-corrected chi connectivity index (χ0v) is 37.3. The number of rotatable bonds is 10. The molecule has 1 saturated carbocycles. The van der Waals surface area contributed by atoms with Crippen LogP contribution >= 0.6 is 11.3 Å². The number of allylic oxidation sites excluding steroid dienone is 2. The van der Waals surface area contributed by atoms with E-state index in [1.807, 2.05) is 73.0 Å². The highest BCUT2D eigenvalue weighted by molar-refractivity contribution is 7.90. The first-order chi connectivity index (χ1) is 29.9. The quantitative estimate of drug-likeness (QED) is 0.136. The fraction of sp³-hybridized carbons (Fsp3) is 0.408. The second-order valence-corrected chi connectivity index (χ2v) is 19.9. The number of ether oxygens (including phenoxy) is 2. The number of pyridine rings is 1. The number of nitrogens with zero attached hydrogens (tertiary/aromatic N) is 3. The van der Waals surface area contributed by atoms with Crippen LogP contribution in [0.4, 0.5) is 0 Å². The number of amides is 2. The maximum atomic E-state index is 15.0. The summed E-state index contributed by atoms with van der Waals surface area (Å²) in [4.78, 5) is 55.7. The number of thiazole rings is 1. The van der Waals surface area contributed by atoms with E-state index in [2.05, 4.69) is 18.6 Å². The van der Waals surface area contributed by atoms with E-state index in [0.29, 0.717) is 42.0 Å². The van der Waals surface area contributed by atoms with E-state index in [4.69, 9.17) is 19.4 Å². The number of carbonyl (C=O) groups is 3. The zero-order chi connectivity index (χ0) is 43.6. The predicted molar refractivity (Wildman–Crippen MR) is 241 cm³/mol. The number of aromatic nitrogens is 2. The van der Waals surface area contributed by atoms with Crippen molar-refractivity contribution in [2.45, 2.75) is 102 Å². The first-order valence-corrected chi connectivity index (χ1v) is 24.0. The molecule has 0 bridgehead atoms. The van der Waals surface area contributed by atoms with Gasteiger partial charge in [0, 0.05) is 41.2 Å². The monoisotopic (exact) mass is 874 g/mol. The summed E-state index contributed by atoms with van der Waals surface area (Å²) in [6, 6.07) is 22.5. The number of hydrogen-bond donors (Lipinski definition) is 1. The van der Waals surface area contributed by atoms with Crippen LogP contribution in [-0.2, 0) is 30.8 Å². The highest BCUT2D eigenvalue weighted by Gasteiger charge is 2.61. The van der Waals surface area contributed by atoms with Gasteiger partial charge in [-0.15, -0.1) is 11.3 Å². The van der Waals surface area contributed by atoms with Crippen molar-refractivity contribution >= 4 is 49.9 Å². The van der Waals surface area contributed by atoms with Crippen LogP contribution in [0.15, 0.2) is 101 Å². The number of fused-ring (bicyclic) bond motifs is 3. The topological polar surface area (TPSA) is 145 Å². The van der Waals surface area contributed by atoms with Gasteiger partial charge in [0.25, 0.3) is 10.0 Å². The summed E-state index contributed by atoms with van der Waals surface area (Å²) >= 11 is 1.52. The molecular weight excluding hydrogens is 821 g/mol. The number of sulfonamides is 1. The van der Waals surface area contributed by atoms with Crippen molar-refractivity contribution in [2.24, 2.45) is 17.3 Å². The Kier molecular flexibility index (Phi) is 12.7. The third kappa shape index (κ3) is 9.06. The summed E-state index contributed by atoms with van der Waals surface area (Å²) in [6.45, 7) is 6.31. The van der Waals surface area contributed by atoms with Crippen LogP contribution in [-0.4, -0.2) is 66.7 Å². The molecule has 2 aliphatic heterocycles. The van der Waals surface area contributed by atoms with Crippen LogP contribution < -0.4 is 14.2 Å².